The van der Waals surface area contributed by atoms with Gasteiger partial charge in [-0.05, 0) is 27.7 Å². The molecule has 0 aliphatic carbocycles. The fourth-order valence-corrected chi connectivity index (χ4v) is 1.71. The van der Waals surface area contributed by atoms with Crippen molar-refractivity contribution in [2.24, 2.45) is 0 Å². The van der Waals surface area contributed by atoms with Crippen molar-refractivity contribution in [3.05, 3.63) is 27.3 Å². The second kappa shape index (κ2) is 5.90. The molecule has 0 aliphatic rings. The van der Waals surface area contributed by atoms with Crippen LogP contribution in [0.4, 0.5) is 0 Å². The third-order valence-electron chi connectivity index (χ3n) is 2.49. The van der Waals surface area contributed by atoms with Crippen molar-refractivity contribution in [1.29, 1.82) is 0 Å². The number of aldehydes is 1. The largest absolute Gasteiger partial charge is 0.495 e. The summed E-state index contributed by atoms with van der Waals surface area (Å²) in [6.45, 7) is 6.83. The van der Waals surface area contributed by atoms with Crippen molar-refractivity contribution in [3.8, 4) is 5.75 Å². The van der Waals surface area contributed by atoms with Crippen LogP contribution in [-0.4, -0.2) is 25.0 Å². The van der Waals surface area contributed by atoms with E-state index in [0.717, 1.165) is 0 Å². The van der Waals surface area contributed by atoms with Gasteiger partial charge in [0, 0.05) is 5.56 Å². The SMILES string of the molecule is COc1c(C)c(CC(=O)OC(C)(C)C)oc(=O)c1C=O. The van der Waals surface area contributed by atoms with Gasteiger partial charge in [-0.1, -0.05) is 0 Å². The zero-order valence-electron chi connectivity index (χ0n) is 12.2. The highest BCUT2D eigenvalue weighted by Gasteiger charge is 2.22. The maximum atomic E-state index is 11.8. The molecule has 0 amide bonds. The van der Waals surface area contributed by atoms with Crippen LogP contribution in [0.3, 0.4) is 0 Å². The molecule has 0 saturated carbocycles. The molecule has 0 aliphatic heterocycles. The second-order valence-corrected chi connectivity index (χ2v) is 5.27. The monoisotopic (exact) mass is 282 g/mol. The first kappa shape index (κ1) is 15.9. The molecule has 0 spiro atoms. The molecule has 6 heteroatoms. The number of hydrogen-bond donors (Lipinski definition) is 0. The Morgan fingerprint density at radius 1 is 1.35 bits per heavy atom. The standard InChI is InChI=1S/C14H18O6/c1-8-10(6-11(16)20-14(2,3)4)19-13(17)9(7-15)12(8)18-5/h7H,6H2,1-5H3. The molecule has 1 aromatic rings. The molecule has 1 aromatic heterocycles. The molecule has 0 fully saturated rings. The summed E-state index contributed by atoms with van der Waals surface area (Å²) in [5.41, 5.74) is -1.23. The molecular weight excluding hydrogens is 264 g/mol. The molecule has 0 aromatic carbocycles. The average Bonchev–Trinajstić information content (AvgIpc) is 2.30. The second-order valence-electron chi connectivity index (χ2n) is 5.27. The first-order valence-electron chi connectivity index (χ1n) is 6.07. The van der Waals surface area contributed by atoms with Crippen LogP contribution >= 0.6 is 0 Å². The Morgan fingerprint density at radius 3 is 2.40 bits per heavy atom. The summed E-state index contributed by atoms with van der Waals surface area (Å²) in [5, 5.41) is 0. The summed E-state index contributed by atoms with van der Waals surface area (Å²) < 4.78 is 15.2. The summed E-state index contributed by atoms with van der Waals surface area (Å²) >= 11 is 0. The molecule has 1 rings (SSSR count). The van der Waals surface area contributed by atoms with Crippen molar-refractivity contribution in [3.63, 3.8) is 0 Å². The summed E-state index contributed by atoms with van der Waals surface area (Å²) in [6.07, 6.45) is 0.169. The third-order valence-corrected chi connectivity index (χ3v) is 2.49. The highest BCUT2D eigenvalue weighted by Crippen LogP contribution is 2.23. The van der Waals surface area contributed by atoms with Gasteiger partial charge in [0.25, 0.3) is 0 Å². The van der Waals surface area contributed by atoms with E-state index in [2.05, 4.69) is 0 Å². The summed E-state index contributed by atoms with van der Waals surface area (Å²) in [7, 11) is 1.34. The van der Waals surface area contributed by atoms with Crippen LogP contribution < -0.4 is 10.4 Å². The number of carbonyl (C=O) groups is 2. The molecule has 0 N–H and O–H groups in total. The van der Waals surface area contributed by atoms with E-state index in [9.17, 15) is 14.4 Å². The predicted octanol–water partition coefficient (Wildman–Crippen LogP) is 1.65. The van der Waals surface area contributed by atoms with E-state index in [1.807, 2.05) is 0 Å². The van der Waals surface area contributed by atoms with Gasteiger partial charge < -0.3 is 13.9 Å². The molecule has 0 bridgehead atoms. The zero-order valence-corrected chi connectivity index (χ0v) is 12.2. The van der Waals surface area contributed by atoms with Crippen LogP contribution in [0.15, 0.2) is 9.21 Å². The lowest BCUT2D eigenvalue weighted by Crippen LogP contribution is -2.25. The van der Waals surface area contributed by atoms with Crippen LogP contribution in [0.2, 0.25) is 0 Å². The van der Waals surface area contributed by atoms with Gasteiger partial charge in [0.15, 0.2) is 6.29 Å². The summed E-state index contributed by atoms with van der Waals surface area (Å²) in [5.74, 6) is -0.272. The van der Waals surface area contributed by atoms with E-state index in [1.54, 1.807) is 27.7 Å². The van der Waals surface area contributed by atoms with Crippen LogP contribution in [0.5, 0.6) is 5.75 Å². The van der Waals surface area contributed by atoms with Crippen LogP contribution in [0, 0.1) is 6.92 Å². The lowest BCUT2D eigenvalue weighted by molar-refractivity contribution is -0.154. The van der Waals surface area contributed by atoms with Gasteiger partial charge in [-0.3, -0.25) is 9.59 Å². The topological polar surface area (TPSA) is 82.8 Å². The van der Waals surface area contributed by atoms with Gasteiger partial charge in [0.1, 0.15) is 29.1 Å². The Hall–Kier alpha value is -2.11. The number of esters is 1. The summed E-state index contributed by atoms with van der Waals surface area (Å²) in [4.78, 5) is 34.2. The molecule has 6 nitrogen and oxygen atoms in total. The zero-order chi connectivity index (χ0) is 15.5. The molecule has 1 heterocycles. The summed E-state index contributed by atoms with van der Waals surface area (Å²) in [6, 6.07) is 0. The third kappa shape index (κ3) is 3.69. The normalized spacial score (nSPS) is 11.1. The van der Waals surface area contributed by atoms with E-state index >= 15 is 0 Å². The first-order valence-corrected chi connectivity index (χ1v) is 6.07. The first-order chi connectivity index (χ1) is 9.19. The molecule has 0 unspecified atom stereocenters. The lowest BCUT2D eigenvalue weighted by Gasteiger charge is -2.19. The van der Waals surface area contributed by atoms with E-state index in [4.69, 9.17) is 13.9 Å². The smallest absolute Gasteiger partial charge is 0.350 e. The minimum Gasteiger partial charge on any atom is -0.495 e. The van der Waals surface area contributed by atoms with Crippen molar-refractivity contribution in [2.45, 2.75) is 39.7 Å². The minimum atomic E-state index is -0.832. The van der Waals surface area contributed by atoms with Gasteiger partial charge in [-0.15, -0.1) is 0 Å². The molecular formula is C14H18O6. The number of carbonyl (C=O) groups excluding carboxylic acids is 2. The van der Waals surface area contributed by atoms with Crippen molar-refractivity contribution < 1.29 is 23.5 Å². The molecule has 20 heavy (non-hydrogen) atoms. The predicted molar refractivity (Wildman–Crippen MR) is 71.2 cm³/mol. The van der Waals surface area contributed by atoms with Crippen molar-refractivity contribution in [2.75, 3.05) is 7.11 Å². The average molecular weight is 282 g/mol. The van der Waals surface area contributed by atoms with E-state index in [-0.39, 0.29) is 23.5 Å². The highest BCUT2D eigenvalue weighted by atomic mass is 16.6. The quantitative estimate of drug-likeness (QED) is 0.617. The number of hydrogen-bond acceptors (Lipinski definition) is 6. The maximum absolute atomic E-state index is 11.8. The Kier molecular flexibility index (Phi) is 4.70. The van der Waals surface area contributed by atoms with Crippen LogP contribution in [0.1, 0.15) is 42.5 Å². The Balaban J connectivity index is 3.15. The van der Waals surface area contributed by atoms with Gasteiger partial charge in [-0.2, -0.15) is 0 Å². The van der Waals surface area contributed by atoms with E-state index in [1.165, 1.54) is 7.11 Å². The minimum absolute atomic E-state index is 0.120. The van der Waals surface area contributed by atoms with Gasteiger partial charge in [0.2, 0.25) is 0 Å². The fourth-order valence-electron chi connectivity index (χ4n) is 1.71. The van der Waals surface area contributed by atoms with Crippen LogP contribution in [-0.2, 0) is 16.0 Å². The fraction of sp³-hybridized carbons (Fsp3) is 0.500. The Labute approximate surface area is 116 Å². The molecule has 0 saturated heterocycles. The van der Waals surface area contributed by atoms with E-state index in [0.29, 0.717) is 11.8 Å². The number of rotatable bonds is 4. The molecule has 0 radical (unpaired) electrons. The molecule has 0 atom stereocenters. The van der Waals surface area contributed by atoms with Crippen LogP contribution in [0.25, 0.3) is 0 Å². The van der Waals surface area contributed by atoms with Gasteiger partial charge in [0.05, 0.1) is 7.11 Å². The maximum Gasteiger partial charge on any atom is 0.350 e. The van der Waals surface area contributed by atoms with Gasteiger partial charge in [-0.25, -0.2) is 4.79 Å². The lowest BCUT2D eigenvalue weighted by atomic mass is 10.1. The highest BCUT2D eigenvalue weighted by molar-refractivity contribution is 5.80. The Bertz CT molecular complexity index is 577. The van der Waals surface area contributed by atoms with Crippen molar-refractivity contribution >= 4 is 12.3 Å². The van der Waals surface area contributed by atoms with E-state index < -0.39 is 17.2 Å². The van der Waals surface area contributed by atoms with Crippen molar-refractivity contribution in [1.82, 2.24) is 0 Å². The number of methoxy groups -OCH3 is 1. The number of ether oxygens (including phenoxy) is 2. The Morgan fingerprint density at radius 2 is 1.95 bits per heavy atom. The molecule has 110 valence electrons. The van der Waals surface area contributed by atoms with Gasteiger partial charge >= 0.3 is 11.6 Å².